The largest absolute Gasteiger partial charge is 0.452 e. The van der Waals surface area contributed by atoms with Crippen LogP contribution >= 0.6 is 11.6 Å². The Balaban J connectivity index is 2.03. The summed E-state index contributed by atoms with van der Waals surface area (Å²) in [5, 5.41) is 3.04. The second kappa shape index (κ2) is 7.67. The van der Waals surface area contributed by atoms with E-state index in [2.05, 4.69) is 5.32 Å². The van der Waals surface area contributed by atoms with E-state index < -0.39 is 28.3 Å². The number of carbonyl (C=O) groups is 2. The summed E-state index contributed by atoms with van der Waals surface area (Å²) < 4.78 is 28.3. The van der Waals surface area contributed by atoms with Gasteiger partial charge in [0.1, 0.15) is 0 Å². The van der Waals surface area contributed by atoms with Crippen LogP contribution in [-0.4, -0.2) is 33.2 Å². The van der Waals surface area contributed by atoms with Gasteiger partial charge in [0, 0.05) is 17.0 Å². The summed E-state index contributed by atoms with van der Waals surface area (Å²) in [6.07, 6.45) is 0.993. The number of halogens is 1. The van der Waals surface area contributed by atoms with E-state index in [0.29, 0.717) is 10.7 Å². The van der Waals surface area contributed by atoms with Gasteiger partial charge in [-0.1, -0.05) is 29.8 Å². The Labute approximate surface area is 150 Å². The number of rotatable bonds is 5. The molecule has 0 bridgehead atoms. The summed E-state index contributed by atoms with van der Waals surface area (Å²) in [4.78, 5) is 23.8. The van der Waals surface area contributed by atoms with Gasteiger partial charge in [0.05, 0.1) is 10.5 Å². The first-order valence-corrected chi connectivity index (χ1v) is 9.47. The van der Waals surface area contributed by atoms with Crippen molar-refractivity contribution < 1.29 is 22.7 Å². The van der Waals surface area contributed by atoms with Crippen LogP contribution < -0.4 is 5.32 Å². The van der Waals surface area contributed by atoms with Gasteiger partial charge in [-0.05, 0) is 36.8 Å². The lowest BCUT2D eigenvalue weighted by molar-refractivity contribution is -0.119. The number of sulfone groups is 1. The van der Waals surface area contributed by atoms with Gasteiger partial charge in [-0.25, -0.2) is 13.2 Å². The maximum atomic E-state index is 12.1. The molecular weight excluding hydrogens is 366 g/mol. The molecule has 0 radical (unpaired) electrons. The number of carbonyl (C=O) groups excluding carboxylic acids is 2. The fourth-order valence-electron chi connectivity index (χ4n) is 2.04. The number of aryl methyl sites for hydroxylation is 1. The third-order valence-corrected chi connectivity index (χ3v) is 4.86. The number of benzene rings is 2. The van der Waals surface area contributed by atoms with Crippen molar-refractivity contribution >= 4 is 39.0 Å². The second-order valence-electron chi connectivity index (χ2n) is 5.36. The summed E-state index contributed by atoms with van der Waals surface area (Å²) in [6, 6.07) is 10.6. The Morgan fingerprint density at radius 1 is 1.16 bits per heavy atom. The van der Waals surface area contributed by atoms with E-state index in [1.54, 1.807) is 18.2 Å². The predicted octanol–water partition coefficient (Wildman–Crippen LogP) is 2.85. The van der Waals surface area contributed by atoms with Gasteiger partial charge >= 0.3 is 5.97 Å². The summed E-state index contributed by atoms with van der Waals surface area (Å²) in [7, 11) is -3.59. The van der Waals surface area contributed by atoms with Crippen LogP contribution in [0, 0.1) is 6.92 Å². The number of nitrogens with one attached hydrogen (secondary N) is 1. The van der Waals surface area contributed by atoms with Crippen LogP contribution in [0.5, 0.6) is 0 Å². The van der Waals surface area contributed by atoms with Crippen LogP contribution in [0.2, 0.25) is 5.02 Å². The molecule has 1 amide bonds. The third-order valence-electron chi connectivity index (χ3n) is 3.30. The number of ether oxygens (including phenoxy) is 1. The van der Waals surface area contributed by atoms with Crippen molar-refractivity contribution in [3.05, 3.63) is 58.6 Å². The van der Waals surface area contributed by atoms with Gasteiger partial charge in [-0.3, -0.25) is 4.79 Å². The fraction of sp³-hybridized carbons (Fsp3) is 0.176. The highest BCUT2D eigenvalue weighted by Gasteiger charge is 2.20. The molecular formula is C17H16ClNO5S. The maximum Gasteiger partial charge on any atom is 0.339 e. The Morgan fingerprint density at radius 3 is 2.48 bits per heavy atom. The van der Waals surface area contributed by atoms with E-state index in [4.69, 9.17) is 16.3 Å². The first-order valence-electron chi connectivity index (χ1n) is 7.20. The van der Waals surface area contributed by atoms with Gasteiger partial charge in [0.2, 0.25) is 0 Å². The van der Waals surface area contributed by atoms with E-state index >= 15 is 0 Å². The van der Waals surface area contributed by atoms with Gasteiger partial charge in [-0.15, -0.1) is 0 Å². The molecule has 8 heteroatoms. The average molecular weight is 382 g/mol. The molecule has 2 aromatic rings. The minimum atomic E-state index is -3.59. The van der Waals surface area contributed by atoms with Crippen molar-refractivity contribution in [1.29, 1.82) is 0 Å². The topological polar surface area (TPSA) is 89.5 Å². The van der Waals surface area contributed by atoms with Crippen molar-refractivity contribution in [2.45, 2.75) is 11.8 Å². The molecule has 0 fully saturated rings. The highest BCUT2D eigenvalue weighted by molar-refractivity contribution is 7.90. The van der Waals surface area contributed by atoms with Crippen molar-refractivity contribution in [1.82, 2.24) is 0 Å². The Morgan fingerprint density at radius 2 is 1.84 bits per heavy atom. The van der Waals surface area contributed by atoms with E-state index in [1.807, 2.05) is 6.92 Å². The summed E-state index contributed by atoms with van der Waals surface area (Å²) in [5.74, 6) is -1.46. The molecule has 0 aliphatic carbocycles. The maximum absolute atomic E-state index is 12.1. The Bertz CT molecular complexity index is 924. The molecule has 0 spiro atoms. The normalized spacial score (nSPS) is 11.0. The van der Waals surface area contributed by atoms with Crippen molar-refractivity contribution in [2.24, 2.45) is 0 Å². The molecule has 0 aliphatic rings. The van der Waals surface area contributed by atoms with Crippen LogP contribution in [0.1, 0.15) is 15.9 Å². The smallest absolute Gasteiger partial charge is 0.339 e. The molecule has 0 aromatic heterocycles. The van der Waals surface area contributed by atoms with Crippen molar-refractivity contribution in [3.63, 3.8) is 0 Å². The molecule has 0 unspecified atom stereocenters. The van der Waals surface area contributed by atoms with Crippen LogP contribution in [-0.2, 0) is 19.4 Å². The number of amides is 1. The first-order chi connectivity index (χ1) is 11.7. The molecule has 0 saturated heterocycles. The first kappa shape index (κ1) is 19.0. The lowest BCUT2D eigenvalue weighted by atomic mass is 10.2. The zero-order valence-corrected chi connectivity index (χ0v) is 15.1. The number of hydrogen-bond acceptors (Lipinski definition) is 5. The quantitative estimate of drug-likeness (QED) is 0.804. The summed E-state index contributed by atoms with van der Waals surface area (Å²) in [5.41, 5.74) is 1.22. The van der Waals surface area contributed by atoms with Gasteiger partial charge in [-0.2, -0.15) is 0 Å². The average Bonchev–Trinajstić information content (AvgIpc) is 2.55. The molecule has 25 heavy (non-hydrogen) atoms. The van der Waals surface area contributed by atoms with E-state index in [1.165, 1.54) is 24.3 Å². The standard InChI is InChI=1S/C17H16ClNO5S/c1-11-7-8-12(9-14(11)18)19-16(20)10-24-17(21)13-5-3-4-6-15(13)25(2,22)23/h3-9H,10H2,1-2H3,(H,19,20). The highest BCUT2D eigenvalue weighted by atomic mass is 35.5. The molecule has 0 heterocycles. The molecule has 2 rings (SSSR count). The highest BCUT2D eigenvalue weighted by Crippen LogP contribution is 2.20. The number of esters is 1. The third kappa shape index (κ3) is 5.04. The predicted molar refractivity (Wildman–Crippen MR) is 94.7 cm³/mol. The summed E-state index contributed by atoms with van der Waals surface area (Å²) in [6.45, 7) is 1.28. The fourth-order valence-corrected chi connectivity index (χ4v) is 3.09. The van der Waals surface area contributed by atoms with E-state index in [0.717, 1.165) is 11.8 Å². The summed E-state index contributed by atoms with van der Waals surface area (Å²) >= 11 is 5.97. The lowest BCUT2D eigenvalue weighted by Crippen LogP contribution is -2.21. The Kier molecular flexibility index (Phi) is 5.81. The van der Waals surface area contributed by atoms with Crippen LogP contribution in [0.4, 0.5) is 5.69 Å². The zero-order valence-electron chi connectivity index (χ0n) is 13.6. The minimum absolute atomic E-state index is 0.115. The van der Waals surface area contributed by atoms with Gasteiger partial charge < -0.3 is 10.1 Å². The molecule has 1 N–H and O–H groups in total. The number of hydrogen-bond donors (Lipinski definition) is 1. The number of anilines is 1. The minimum Gasteiger partial charge on any atom is -0.452 e. The van der Waals surface area contributed by atoms with Crippen LogP contribution in [0.15, 0.2) is 47.4 Å². The zero-order chi connectivity index (χ0) is 18.6. The van der Waals surface area contributed by atoms with Gasteiger partial charge in [0.25, 0.3) is 5.91 Å². The second-order valence-corrected chi connectivity index (χ2v) is 7.75. The molecule has 0 aliphatic heterocycles. The van der Waals surface area contributed by atoms with Crippen LogP contribution in [0.25, 0.3) is 0 Å². The molecule has 6 nitrogen and oxygen atoms in total. The van der Waals surface area contributed by atoms with Gasteiger partial charge in [0.15, 0.2) is 16.4 Å². The molecule has 0 saturated carbocycles. The molecule has 2 aromatic carbocycles. The van der Waals surface area contributed by atoms with E-state index in [9.17, 15) is 18.0 Å². The SMILES string of the molecule is Cc1ccc(NC(=O)COC(=O)c2ccccc2S(C)(=O)=O)cc1Cl. The van der Waals surface area contributed by atoms with E-state index in [-0.39, 0.29) is 10.5 Å². The monoisotopic (exact) mass is 381 g/mol. The molecule has 0 atom stereocenters. The van der Waals surface area contributed by atoms with Crippen LogP contribution in [0.3, 0.4) is 0 Å². The Hall–Kier alpha value is -2.38. The van der Waals surface area contributed by atoms with Crippen molar-refractivity contribution in [2.75, 3.05) is 18.2 Å². The van der Waals surface area contributed by atoms with Crippen molar-refractivity contribution in [3.8, 4) is 0 Å². The lowest BCUT2D eigenvalue weighted by Gasteiger charge is -2.09. The molecule has 132 valence electrons.